The van der Waals surface area contributed by atoms with Gasteiger partial charge in [-0.3, -0.25) is 14.7 Å². The van der Waals surface area contributed by atoms with Gasteiger partial charge in [0.2, 0.25) is 0 Å². The summed E-state index contributed by atoms with van der Waals surface area (Å²) in [6, 6.07) is 14.8. The van der Waals surface area contributed by atoms with Crippen molar-refractivity contribution in [3.05, 3.63) is 83.1 Å². The highest BCUT2D eigenvalue weighted by Crippen LogP contribution is 2.22. The number of hydrogen-bond donors (Lipinski definition) is 1. The molecule has 0 spiro atoms. The van der Waals surface area contributed by atoms with Gasteiger partial charge < -0.3 is 10.2 Å². The summed E-state index contributed by atoms with van der Waals surface area (Å²) in [5.41, 5.74) is 3.75. The number of nitrogens with one attached hydrogen (secondary N) is 1. The first kappa shape index (κ1) is 22.0. The van der Waals surface area contributed by atoms with E-state index < -0.39 is 11.6 Å². The lowest BCUT2D eigenvalue weighted by Crippen LogP contribution is -2.43. The number of nitrogens with zero attached hydrogens (tertiary/aromatic N) is 3. The molecule has 1 fully saturated rings. The number of carbonyl (C=O) groups excluding carboxylic acids is 1. The first-order chi connectivity index (χ1) is 15.4. The van der Waals surface area contributed by atoms with Crippen LogP contribution in [0.5, 0.6) is 0 Å². The van der Waals surface area contributed by atoms with Gasteiger partial charge in [-0.05, 0) is 62.0 Å². The third kappa shape index (κ3) is 5.18. The maximum absolute atomic E-state index is 13.5. The van der Waals surface area contributed by atoms with Gasteiger partial charge in [-0.25, -0.2) is 8.78 Å². The normalized spacial score (nSPS) is 15.0. The van der Waals surface area contributed by atoms with E-state index in [1.165, 1.54) is 6.07 Å². The molecule has 2 aromatic carbocycles. The zero-order chi connectivity index (χ0) is 22.7. The van der Waals surface area contributed by atoms with Crippen LogP contribution >= 0.6 is 0 Å². The minimum atomic E-state index is -0.930. The number of benzene rings is 2. The Morgan fingerprint density at radius 3 is 2.50 bits per heavy atom. The van der Waals surface area contributed by atoms with Crippen LogP contribution in [-0.4, -0.2) is 53.9 Å². The summed E-state index contributed by atoms with van der Waals surface area (Å²) >= 11 is 0. The van der Waals surface area contributed by atoms with E-state index in [1.807, 2.05) is 18.2 Å². The molecule has 1 N–H and O–H groups in total. The van der Waals surface area contributed by atoms with Crippen LogP contribution in [0.4, 0.5) is 14.5 Å². The van der Waals surface area contributed by atoms with Gasteiger partial charge in [0.1, 0.15) is 0 Å². The van der Waals surface area contributed by atoms with E-state index in [9.17, 15) is 13.6 Å². The minimum absolute atomic E-state index is 0.261. The summed E-state index contributed by atoms with van der Waals surface area (Å²) in [5, 5.41) is 2.94. The first-order valence-electron chi connectivity index (χ1n) is 10.6. The monoisotopic (exact) mass is 436 g/mol. The summed E-state index contributed by atoms with van der Waals surface area (Å²) in [6.45, 7) is 6.75. The minimum Gasteiger partial charge on any atom is -0.322 e. The third-order valence-electron chi connectivity index (χ3n) is 5.73. The lowest BCUT2D eigenvalue weighted by atomic mass is 10.1. The van der Waals surface area contributed by atoms with Crippen molar-refractivity contribution in [3.8, 4) is 11.3 Å². The number of anilines is 1. The van der Waals surface area contributed by atoms with Crippen molar-refractivity contribution in [2.75, 3.05) is 38.5 Å². The Balaban J connectivity index is 1.45. The zero-order valence-corrected chi connectivity index (χ0v) is 18.2. The molecule has 1 aliphatic rings. The Morgan fingerprint density at radius 2 is 1.78 bits per heavy atom. The van der Waals surface area contributed by atoms with Crippen molar-refractivity contribution in [2.24, 2.45) is 0 Å². The van der Waals surface area contributed by atoms with Crippen molar-refractivity contribution >= 4 is 11.6 Å². The van der Waals surface area contributed by atoms with Crippen LogP contribution in [0.1, 0.15) is 21.6 Å². The van der Waals surface area contributed by atoms with E-state index in [4.69, 9.17) is 0 Å². The second-order valence-corrected chi connectivity index (χ2v) is 8.19. The number of hydrogen-bond acceptors (Lipinski definition) is 4. The fourth-order valence-corrected chi connectivity index (χ4v) is 3.83. The molecule has 7 heteroatoms. The SMILES string of the molecule is Cc1nc(-c2ccc(F)c(F)c2)ccc1C(=O)Nc1cccc(CN2CCN(C)CC2)c1. The topological polar surface area (TPSA) is 48.5 Å². The molecule has 0 aliphatic carbocycles. The number of halogens is 2. The van der Waals surface area contributed by atoms with Crippen molar-refractivity contribution in [2.45, 2.75) is 13.5 Å². The fraction of sp³-hybridized carbons (Fsp3) is 0.280. The molecule has 3 aromatic rings. The summed E-state index contributed by atoms with van der Waals surface area (Å²) < 4.78 is 26.7. The highest BCUT2D eigenvalue weighted by molar-refractivity contribution is 6.05. The first-order valence-corrected chi connectivity index (χ1v) is 10.6. The van der Waals surface area contributed by atoms with E-state index in [1.54, 1.807) is 19.1 Å². The third-order valence-corrected chi connectivity index (χ3v) is 5.73. The molecule has 5 nitrogen and oxygen atoms in total. The van der Waals surface area contributed by atoms with Crippen molar-refractivity contribution in [1.29, 1.82) is 0 Å². The van der Waals surface area contributed by atoms with Crippen molar-refractivity contribution < 1.29 is 13.6 Å². The van der Waals surface area contributed by atoms with Crippen LogP contribution in [0.25, 0.3) is 11.3 Å². The number of aryl methyl sites for hydroxylation is 1. The second-order valence-electron chi connectivity index (χ2n) is 8.19. The lowest BCUT2D eigenvalue weighted by Gasteiger charge is -2.32. The number of likely N-dealkylation sites (N-methyl/N-ethyl adjacent to an activating group) is 1. The Morgan fingerprint density at radius 1 is 1.00 bits per heavy atom. The summed E-state index contributed by atoms with van der Waals surface area (Å²) in [5.74, 6) is -2.10. The molecule has 166 valence electrons. The number of rotatable bonds is 5. The summed E-state index contributed by atoms with van der Waals surface area (Å²) in [7, 11) is 2.13. The second kappa shape index (κ2) is 9.54. The van der Waals surface area contributed by atoms with E-state index >= 15 is 0 Å². The number of pyridine rings is 1. The molecule has 1 saturated heterocycles. The van der Waals surface area contributed by atoms with Gasteiger partial charge in [0.15, 0.2) is 11.6 Å². The molecule has 1 aliphatic heterocycles. The zero-order valence-electron chi connectivity index (χ0n) is 18.2. The Labute approximate surface area is 186 Å². The predicted molar refractivity (Wildman–Crippen MR) is 121 cm³/mol. The molecule has 4 rings (SSSR count). The van der Waals surface area contributed by atoms with Gasteiger partial charge >= 0.3 is 0 Å². The van der Waals surface area contributed by atoms with Gasteiger partial charge in [0.05, 0.1) is 17.0 Å². The van der Waals surface area contributed by atoms with Crippen LogP contribution in [0.15, 0.2) is 54.6 Å². The molecule has 1 amide bonds. The Kier molecular flexibility index (Phi) is 6.58. The molecule has 0 unspecified atom stereocenters. The number of aromatic nitrogens is 1. The Bertz CT molecular complexity index is 1130. The van der Waals surface area contributed by atoms with Crippen LogP contribution < -0.4 is 5.32 Å². The predicted octanol–water partition coefficient (Wildman–Crippen LogP) is 4.33. The summed E-state index contributed by atoms with van der Waals surface area (Å²) in [4.78, 5) is 22.0. The largest absolute Gasteiger partial charge is 0.322 e. The molecule has 0 atom stereocenters. The van der Waals surface area contributed by atoms with Gasteiger partial charge in [-0.2, -0.15) is 0 Å². The van der Waals surface area contributed by atoms with E-state index in [2.05, 4.69) is 33.2 Å². The quantitative estimate of drug-likeness (QED) is 0.647. The molecule has 1 aromatic heterocycles. The fourth-order valence-electron chi connectivity index (χ4n) is 3.83. The van der Waals surface area contributed by atoms with Crippen molar-refractivity contribution in [1.82, 2.24) is 14.8 Å². The average Bonchev–Trinajstić information content (AvgIpc) is 2.77. The molecule has 0 bridgehead atoms. The number of amides is 1. The molecular weight excluding hydrogens is 410 g/mol. The van der Waals surface area contributed by atoms with Gasteiger partial charge in [0, 0.05) is 44.0 Å². The number of carbonyl (C=O) groups is 1. The maximum atomic E-state index is 13.5. The van der Waals surface area contributed by atoms with Gasteiger partial charge in [-0.1, -0.05) is 12.1 Å². The summed E-state index contributed by atoms with van der Waals surface area (Å²) in [6.07, 6.45) is 0. The van der Waals surface area contributed by atoms with Crippen molar-refractivity contribution in [3.63, 3.8) is 0 Å². The van der Waals surface area contributed by atoms with Crippen LogP contribution in [-0.2, 0) is 6.54 Å². The van der Waals surface area contributed by atoms with Gasteiger partial charge in [-0.15, -0.1) is 0 Å². The van der Waals surface area contributed by atoms with E-state index in [-0.39, 0.29) is 5.91 Å². The molecular formula is C25H26F2N4O. The standard InChI is InChI=1S/C25H26F2N4O/c1-17-21(7-9-24(28-17)19-6-8-22(26)23(27)15-19)25(32)29-20-5-3-4-18(14-20)16-31-12-10-30(2)11-13-31/h3-9,14-15H,10-13,16H2,1-2H3,(H,29,32). The smallest absolute Gasteiger partial charge is 0.257 e. The van der Waals surface area contributed by atoms with E-state index in [0.29, 0.717) is 22.5 Å². The van der Waals surface area contributed by atoms with Crippen LogP contribution in [0.3, 0.4) is 0 Å². The lowest BCUT2D eigenvalue weighted by molar-refractivity contribution is 0.102. The number of piperazine rings is 1. The highest BCUT2D eigenvalue weighted by atomic mass is 19.2. The van der Waals surface area contributed by atoms with Gasteiger partial charge in [0.25, 0.3) is 5.91 Å². The molecule has 2 heterocycles. The Hall–Kier alpha value is -3.16. The molecule has 0 radical (unpaired) electrons. The van der Waals surface area contributed by atoms with Crippen LogP contribution in [0, 0.1) is 18.6 Å². The van der Waals surface area contributed by atoms with E-state index in [0.717, 1.165) is 56.1 Å². The maximum Gasteiger partial charge on any atom is 0.257 e. The molecule has 0 saturated carbocycles. The molecule has 32 heavy (non-hydrogen) atoms. The average molecular weight is 437 g/mol. The van der Waals surface area contributed by atoms with Crippen LogP contribution in [0.2, 0.25) is 0 Å². The highest BCUT2D eigenvalue weighted by Gasteiger charge is 2.15.